The molecule has 6 heteroatoms. The van der Waals surface area contributed by atoms with Gasteiger partial charge >= 0.3 is 0 Å². The van der Waals surface area contributed by atoms with Crippen molar-refractivity contribution < 1.29 is 13.5 Å². The van der Waals surface area contributed by atoms with Gasteiger partial charge in [-0.25, -0.2) is 13.1 Å². The molecule has 108 valence electrons. The second-order valence-corrected chi connectivity index (χ2v) is 7.46. The first-order chi connectivity index (χ1) is 8.86. The molecule has 0 spiro atoms. The Morgan fingerprint density at radius 2 is 2.05 bits per heavy atom. The lowest BCUT2D eigenvalue weighted by Crippen LogP contribution is -2.34. The van der Waals surface area contributed by atoms with E-state index in [-0.39, 0.29) is 10.9 Å². The fourth-order valence-electron chi connectivity index (χ4n) is 1.60. The molecule has 1 aromatic carbocycles. The summed E-state index contributed by atoms with van der Waals surface area (Å²) in [7, 11) is -3.52. The van der Waals surface area contributed by atoms with Crippen molar-refractivity contribution in [2.75, 3.05) is 11.5 Å². The van der Waals surface area contributed by atoms with Crippen LogP contribution in [-0.4, -0.2) is 31.1 Å². The van der Waals surface area contributed by atoms with Crippen LogP contribution in [0.2, 0.25) is 0 Å². The van der Waals surface area contributed by atoms with Crippen LogP contribution in [0.3, 0.4) is 0 Å². The van der Waals surface area contributed by atoms with Gasteiger partial charge in [0, 0.05) is 11.8 Å². The van der Waals surface area contributed by atoms with Crippen molar-refractivity contribution in [2.24, 2.45) is 0 Å². The van der Waals surface area contributed by atoms with Gasteiger partial charge in [-0.05, 0) is 37.3 Å². The summed E-state index contributed by atoms with van der Waals surface area (Å²) < 4.78 is 27.0. The predicted octanol–water partition coefficient (Wildman–Crippen LogP) is 2.16. The van der Waals surface area contributed by atoms with Crippen LogP contribution in [0.5, 0.6) is 0 Å². The van der Waals surface area contributed by atoms with Crippen LogP contribution in [-0.2, 0) is 10.0 Å². The smallest absolute Gasteiger partial charge is 0.240 e. The largest absolute Gasteiger partial charge is 0.389 e. The lowest BCUT2D eigenvalue weighted by molar-refractivity contribution is 0.199. The lowest BCUT2D eigenvalue weighted by Gasteiger charge is -2.14. The number of hydrogen-bond donors (Lipinski definition) is 2. The highest BCUT2D eigenvalue weighted by Crippen LogP contribution is 2.17. The third-order valence-corrected chi connectivity index (χ3v) is 5.31. The summed E-state index contributed by atoms with van der Waals surface area (Å²) in [6.45, 7) is 5.50. The zero-order valence-electron chi connectivity index (χ0n) is 11.5. The normalized spacial score (nSPS) is 15.2. The summed E-state index contributed by atoms with van der Waals surface area (Å²) in [5.74, 6) is 1.70. The van der Waals surface area contributed by atoms with Crippen molar-refractivity contribution in [3.63, 3.8) is 0 Å². The maximum absolute atomic E-state index is 12.2. The van der Waals surface area contributed by atoms with E-state index < -0.39 is 16.1 Å². The molecule has 0 aliphatic rings. The van der Waals surface area contributed by atoms with Gasteiger partial charge in [0.2, 0.25) is 10.0 Å². The number of aliphatic hydroxyl groups is 1. The molecule has 19 heavy (non-hydrogen) atoms. The number of sulfonamides is 1. The highest BCUT2D eigenvalue weighted by molar-refractivity contribution is 7.99. The fourth-order valence-corrected chi connectivity index (χ4v) is 3.68. The Hall–Kier alpha value is -0.560. The zero-order chi connectivity index (χ0) is 14.5. The molecule has 2 atom stereocenters. The monoisotopic (exact) mass is 303 g/mol. The Labute approximate surface area is 119 Å². The average Bonchev–Trinajstić information content (AvgIpc) is 2.36. The van der Waals surface area contributed by atoms with Crippen molar-refractivity contribution in [3.8, 4) is 0 Å². The molecular formula is C13H21NO3S2. The third kappa shape index (κ3) is 5.14. The molecule has 1 aromatic rings. The van der Waals surface area contributed by atoms with Crippen molar-refractivity contribution >= 4 is 21.8 Å². The standard InChI is InChI=1S/C13H21NO3S2/c1-4-18-9-10(2)14-19(16,17)13-7-5-6-12(8-13)11(3)15/h5-8,10-11,14-15H,4,9H2,1-3H3. The molecule has 0 fully saturated rings. The molecule has 0 bridgehead atoms. The Balaban J connectivity index is 2.85. The van der Waals surface area contributed by atoms with Gasteiger partial charge < -0.3 is 5.11 Å². The minimum atomic E-state index is -3.52. The summed E-state index contributed by atoms with van der Waals surface area (Å²) in [6, 6.07) is 6.27. The van der Waals surface area contributed by atoms with Gasteiger partial charge in [0.1, 0.15) is 0 Å². The van der Waals surface area contributed by atoms with Crippen LogP contribution in [0.15, 0.2) is 29.2 Å². The van der Waals surface area contributed by atoms with Gasteiger partial charge in [-0.3, -0.25) is 0 Å². The highest BCUT2D eigenvalue weighted by Gasteiger charge is 2.18. The minimum Gasteiger partial charge on any atom is -0.389 e. The number of rotatable bonds is 7. The van der Waals surface area contributed by atoms with E-state index in [0.717, 1.165) is 11.5 Å². The average molecular weight is 303 g/mol. The van der Waals surface area contributed by atoms with Gasteiger partial charge in [0.25, 0.3) is 0 Å². The first kappa shape index (κ1) is 16.5. The van der Waals surface area contributed by atoms with E-state index in [1.165, 1.54) is 12.1 Å². The molecule has 2 N–H and O–H groups in total. The molecule has 1 rings (SSSR count). The zero-order valence-corrected chi connectivity index (χ0v) is 13.1. The first-order valence-corrected chi connectivity index (χ1v) is 8.88. The summed E-state index contributed by atoms with van der Waals surface area (Å²) >= 11 is 1.69. The maximum Gasteiger partial charge on any atom is 0.240 e. The molecule has 0 aliphatic carbocycles. The molecule has 0 aliphatic heterocycles. The predicted molar refractivity (Wildman–Crippen MR) is 79.9 cm³/mol. The van der Waals surface area contributed by atoms with Crippen molar-refractivity contribution in [2.45, 2.75) is 37.8 Å². The quantitative estimate of drug-likeness (QED) is 0.810. The van der Waals surface area contributed by atoms with Crippen LogP contribution in [0, 0.1) is 0 Å². The van der Waals surface area contributed by atoms with Crippen LogP contribution < -0.4 is 4.72 Å². The van der Waals surface area contributed by atoms with Gasteiger partial charge in [-0.15, -0.1) is 0 Å². The van der Waals surface area contributed by atoms with E-state index in [9.17, 15) is 13.5 Å². The molecule has 0 aromatic heterocycles. The van der Waals surface area contributed by atoms with E-state index in [2.05, 4.69) is 4.72 Å². The van der Waals surface area contributed by atoms with Gasteiger partial charge in [-0.1, -0.05) is 19.1 Å². The SMILES string of the molecule is CCSCC(C)NS(=O)(=O)c1cccc(C(C)O)c1. The fraction of sp³-hybridized carbons (Fsp3) is 0.538. The Kier molecular flexibility index (Phi) is 6.32. The number of nitrogens with one attached hydrogen (secondary N) is 1. The Morgan fingerprint density at radius 3 is 2.63 bits per heavy atom. The number of benzene rings is 1. The highest BCUT2D eigenvalue weighted by atomic mass is 32.2. The van der Waals surface area contributed by atoms with Crippen molar-refractivity contribution in [1.82, 2.24) is 4.72 Å². The van der Waals surface area contributed by atoms with Crippen molar-refractivity contribution in [1.29, 1.82) is 0 Å². The Bertz CT molecular complexity index is 500. The Morgan fingerprint density at radius 1 is 1.37 bits per heavy atom. The summed E-state index contributed by atoms with van der Waals surface area (Å²) in [5, 5.41) is 9.49. The first-order valence-electron chi connectivity index (χ1n) is 6.25. The number of aliphatic hydroxyl groups excluding tert-OH is 1. The van der Waals surface area contributed by atoms with E-state index in [1.54, 1.807) is 30.8 Å². The second-order valence-electron chi connectivity index (χ2n) is 4.43. The molecule has 0 saturated heterocycles. The molecule has 0 amide bonds. The van der Waals surface area contributed by atoms with Crippen LogP contribution in [0.4, 0.5) is 0 Å². The van der Waals surface area contributed by atoms with E-state index in [4.69, 9.17) is 0 Å². The summed E-state index contributed by atoms with van der Waals surface area (Å²) in [4.78, 5) is 0.194. The minimum absolute atomic E-state index is 0.120. The molecule has 0 saturated carbocycles. The molecule has 0 heterocycles. The topological polar surface area (TPSA) is 66.4 Å². The maximum atomic E-state index is 12.2. The molecule has 2 unspecified atom stereocenters. The van der Waals surface area contributed by atoms with E-state index in [1.807, 2.05) is 13.8 Å². The van der Waals surface area contributed by atoms with Crippen LogP contribution >= 0.6 is 11.8 Å². The second kappa shape index (κ2) is 7.28. The molecule has 0 radical (unpaired) electrons. The molecular weight excluding hydrogens is 282 g/mol. The third-order valence-electron chi connectivity index (χ3n) is 2.58. The summed E-state index contributed by atoms with van der Waals surface area (Å²) in [6.07, 6.45) is -0.678. The molecule has 4 nitrogen and oxygen atoms in total. The van der Waals surface area contributed by atoms with E-state index in [0.29, 0.717) is 5.56 Å². The number of thioether (sulfide) groups is 1. The van der Waals surface area contributed by atoms with Gasteiger partial charge in [0.15, 0.2) is 0 Å². The lowest BCUT2D eigenvalue weighted by atomic mass is 10.1. The van der Waals surface area contributed by atoms with Crippen LogP contribution in [0.25, 0.3) is 0 Å². The van der Waals surface area contributed by atoms with Crippen molar-refractivity contribution in [3.05, 3.63) is 29.8 Å². The summed E-state index contributed by atoms with van der Waals surface area (Å²) in [5.41, 5.74) is 0.596. The van der Waals surface area contributed by atoms with Gasteiger partial charge in [-0.2, -0.15) is 11.8 Å². The van der Waals surface area contributed by atoms with E-state index >= 15 is 0 Å². The van der Waals surface area contributed by atoms with Gasteiger partial charge in [0.05, 0.1) is 11.0 Å². The van der Waals surface area contributed by atoms with Crippen LogP contribution in [0.1, 0.15) is 32.4 Å². The number of hydrogen-bond acceptors (Lipinski definition) is 4.